The molecular formula is C12H14N2O5. The first-order valence-electron chi connectivity index (χ1n) is 5.54. The first-order valence-corrected chi connectivity index (χ1v) is 5.54. The number of nitro benzene ring substituents is 1. The Morgan fingerprint density at radius 2 is 2.16 bits per heavy atom. The SMILES string of the molecule is COC(=O)C(C)NC(=O)Cc1cccc([N+](=O)[O-])c1. The second kappa shape index (κ2) is 6.48. The minimum Gasteiger partial charge on any atom is -0.467 e. The Kier molecular flexibility index (Phi) is 4.99. The number of methoxy groups -OCH3 is 1. The molecule has 19 heavy (non-hydrogen) atoms. The Morgan fingerprint density at radius 1 is 1.47 bits per heavy atom. The number of non-ortho nitro benzene ring substituents is 1. The number of rotatable bonds is 5. The van der Waals surface area contributed by atoms with Gasteiger partial charge in [-0.3, -0.25) is 14.9 Å². The van der Waals surface area contributed by atoms with Gasteiger partial charge in [0.1, 0.15) is 6.04 Å². The zero-order valence-electron chi connectivity index (χ0n) is 10.6. The van der Waals surface area contributed by atoms with Crippen LogP contribution in [0.3, 0.4) is 0 Å². The van der Waals surface area contributed by atoms with Crippen LogP contribution in [0, 0.1) is 10.1 Å². The molecule has 0 spiro atoms. The van der Waals surface area contributed by atoms with Crippen LogP contribution in [0.2, 0.25) is 0 Å². The average Bonchev–Trinajstić information content (AvgIpc) is 2.37. The Balaban J connectivity index is 2.64. The molecule has 0 aliphatic carbocycles. The van der Waals surface area contributed by atoms with Gasteiger partial charge in [0.05, 0.1) is 18.5 Å². The quantitative estimate of drug-likeness (QED) is 0.483. The van der Waals surface area contributed by atoms with Crippen molar-refractivity contribution in [3.8, 4) is 0 Å². The molecule has 1 rings (SSSR count). The summed E-state index contributed by atoms with van der Waals surface area (Å²) in [6.45, 7) is 1.50. The van der Waals surface area contributed by atoms with Crippen LogP contribution in [0.25, 0.3) is 0 Å². The van der Waals surface area contributed by atoms with Gasteiger partial charge in [0, 0.05) is 12.1 Å². The van der Waals surface area contributed by atoms with Gasteiger partial charge in [0.25, 0.3) is 5.69 Å². The highest BCUT2D eigenvalue weighted by Gasteiger charge is 2.16. The normalized spacial score (nSPS) is 11.5. The number of ether oxygens (including phenoxy) is 1. The van der Waals surface area contributed by atoms with Crippen molar-refractivity contribution in [1.82, 2.24) is 5.32 Å². The second-order valence-electron chi connectivity index (χ2n) is 3.92. The van der Waals surface area contributed by atoms with E-state index in [0.29, 0.717) is 5.56 Å². The predicted molar refractivity (Wildman–Crippen MR) is 66.4 cm³/mol. The van der Waals surface area contributed by atoms with Gasteiger partial charge in [-0.2, -0.15) is 0 Å². The minimum absolute atomic E-state index is 0.0387. The van der Waals surface area contributed by atoms with Crippen molar-refractivity contribution in [1.29, 1.82) is 0 Å². The van der Waals surface area contributed by atoms with Gasteiger partial charge >= 0.3 is 5.97 Å². The molecule has 1 aromatic rings. The molecule has 0 fully saturated rings. The number of nitro groups is 1. The summed E-state index contributed by atoms with van der Waals surface area (Å²) in [5, 5.41) is 13.0. The van der Waals surface area contributed by atoms with Crippen LogP contribution in [0.5, 0.6) is 0 Å². The number of carbonyl (C=O) groups excluding carboxylic acids is 2. The minimum atomic E-state index is -0.754. The summed E-state index contributed by atoms with van der Waals surface area (Å²) in [6.07, 6.45) is -0.0387. The Morgan fingerprint density at radius 3 is 2.74 bits per heavy atom. The van der Waals surface area contributed by atoms with Crippen LogP contribution >= 0.6 is 0 Å². The Labute approximate surface area is 109 Å². The fraction of sp³-hybridized carbons (Fsp3) is 0.333. The smallest absolute Gasteiger partial charge is 0.328 e. The van der Waals surface area contributed by atoms with Crippen molar-refractivity contribution in [3.05, 3.63) is 39.9 Å². The van der Waals surface area contributed by atoms with Crippen molar-refractivity contribution in [2.75, 3.05) is 7.11 Å². The van der Waals surface area contributed by atoms with E-state index in [-0.39, 0.29) is 12.1 Å². The maximum atomic E-state index is 11.6. The van der Waals surface area contributed by atoms with E-state index in [2.05, 4.69) is 10.1 Å². The number of hydrogen-bond donors (Lipinski definition) is 1. The number of esters is 1. The zero-order chi connectivity index (χ0) is 14.4. The van der Waals surface area contributed by atoms with Gasteiger partial charge in [0.15, 0.2) is 0 Å². The number of amides is 1. The maximum absolute atomic E-state index is 11.6. The molecule has 0 saturated heterocycles. The molecule has 0 aliphatic rings. The van der Waals surface area contributed by atoms with Gasteiger partial charge in [-0.05, 0) is 12.5 Å². The van der Waals surface area contributed by atoms with E-state index in [1.807, 2.05) is 0 Å². The van der Waals surface area contributed by atoms with Crippen molar-refractivity contribution in [2.24, 2.45) is 0 Å². The molecule has 0 aliphatic heterocycles. The molecular weight excluding hydrogens is 252 g/mol. The summed E-state index contributed by atoms with van der Waals surface area (Å²) in [5.41, 5.74) is 0.426. The molecule has 0 radical (unpaired) electrons. The van der Waals surface area contributed by atoms with Gasteiger partial charge in [-0.15, -0.1) is 0 Å². The molecule has 0 heterocycles. The fourth-order valence-corrected chi connectivity index (χ4v) is 1.49. The topological polar surface area (TPSA) is 98.5 Å². The van der Waals surface area contributed by atoms with E-state index in [1.165, 1.54) is 32.2 Å². The lowest BCUT2D eigenvalue weighted by Gasteiger charge is -2.11. The third kappa shape index (κ3) is 4.38. The molecule has 1 aromatic carbocycles. The molecule has 1 amide bonds. The largest absolute Gasteiger partial charge is 0.467 e. The molecule has 1 atom stereocenters. The Bertz CT molecular complexity index is 501. The Hall–Kier alpha value is -2.44. The molecule has 1 unspecified atom stereocenters. The third-order valence-corrected chi connectivity index (χ3v) is 2.42. The van der Waals surface area contributed by atoms with Gasteiger partial charge in [-0.25, -0.2) is 4.79 Å². The number of nitrogens with one attached hydrogen (secondary N) is 1. The van der Waals surface area contributed by atoms with Gasteiger partial charge in [-0.1, -0.05) is 12.1 Å². The highest BCUT2D eigenvalue weighted by Crippen LogP contribution is 2.13. The average molecular weight is 266 g/mol. The predicted octanol–water partition coefficient (Wildman–Crippen LogP) is 0.815. The third-order valence-electron chi connectivity index (χ3n) is 2.42. The van der Waals surface area contributed by atoms with E-state index < -0.39 is 22.8 Å². The van der Waals surface area contributed by atoms with E-state index >= 15 is 0 Å². The number of nitrogens with zero attached hydrogens (tertiary/aromatic N) is 1. The lowest BCUT2D eigenvalue weighted by molar-refractivity contribution is -0.384. The van der Waals surface area contributed by atoms with Crippen LogP contribution in [0.1, 0.15) is 12.5 Å². The highest BCUT2D eigenvalue weighted by atomic mass is 16.6. The number of hydrogen-bond acceptors (Lipinski definition) is 5. The monoisotopic (exact) mass is 266 g/mol. The molecule has 0 bridgehead atoms. The molecule has 7 nitrogen and oxygen atoms in total. The zero-order valence-corrected chi connectivity index (χ0v) is 10.6. The molecule has 1 N–H and O–H groups in total. The number of benzene rings is 1. The molecule has 102 valence electrons. The number of carbonyl (C=O) groups is 2. The summed E-state index contributed by atoms with van der Waals surface area (Å²) in [6, 6.07) is 5.02. The van der Waals surface area contributed by atoms with Crippen LogP contribution < -0.4 is 5.32 Å². The van der Waals surface area contributed by atoms with Gasteiger partial charge < -0.3 is 10.1 Å². The van der Waals surface area contributed by atoms with Crippen molar-refractivity contribution in [2.45, 2.75) is 19.4 Å². The van der Waals surface area contributed by atoms with Crippen molar-refractivity contribution < 1.29 is 19.2 Å². The van der Waals surface area contributed by atoms with Crippen molar-refractivity contribution in [3.63, 3.8) is 0 Å². The summed E-state index contributed by atoms with van der Waals surface area (Å²) < 4.78 is 4.47. The lowest BCUT2D eigenvalue weighted by Crippen LogP contribution is -2.39. The molecule has 0 saturated carbocycles. The van der Waals surface area contributed by atoms with E-state index in [1.54, 1.807) is 6.07 Å². The first kappa shape index (κ1) is 14.6. The summed E-state index contributed by atoms with van der Waals surface area (Å²) in [5.74, 6) is -0.953. The summed E-state index contributed by atoms with van der Waals surface area (Å²) >= 11 is 0. The van der Waals surface area contributed by atoms with E-state index in [4.69, 9.17) is 0 Å². The summed E-state index contributed by atoms with van der Waals surface area (Å²) in [7, 11) is 1.23. The summed E-state index contributed by atoms with van der Waals surface area (Å²) in [4.78, 5) is 32.8. The van der Waals surface area contributed by atoms with Crippen LogP contribution in [-0.2, 0) is 20.7 Å². The first-order chi connectivity index (χ1) is 8.93. The van der Waals surface area contributed by atoms with Gasteiger partial charge in [0.2, 0.25) is 5.91 Å². The van der Waals surface area contributed by atoms with E-state index in [9.17, 15) is 19.7 Å². The van der Waals surface area contributed by atoms with Crippen LogP contribution in [-0.4, -0.2) is 30.0 Å². The standard InChI is InChI=1S/C12H14N2O5/c1-8(12(16)19-2)13-11(15)7-9-4-3-5-10(6-9)14(17)18/h3-6,8H,7H2,1-2H3,(H,13,15). The van der Waals surface area contributed by atoms with Crippen LogP contribution in [0.15, 0.2) is 24.3 Å². The highest BCUT2D eigenvalue weighted by molar-refractivity contribution is 5.85. The molecule has 7 heteroatoms. The van der Waals surface area contributed by atoms with E-state index in [0.717, 1.165) is 0 Å². The molecule has 0 aromatic heterocycles. The lowest BCUT2D eigenvalue weighted by atomic mass is 10.1. The maximum Gasteiger partial charge on any atom is 0.328 e. The fourth-order valence-electron chi connectivity index (χ4n) is 1.49. The van der Waals surface area contributed by atoms with Crippen LogP contribution in [0.4, 0.5) is 5.69 Å². The second-order valence-corrected chi connectivity index (χ2v) is 3.92. The van der Waals surface area contributed by atoms with Crippen molar-refractivity contribution >= 4 is 17.6 Å².